The molecular weight excluding hydrogens is 311 g/mol. The lowest BCUT2D eigenvalue weighted by molar-refractivity contribution is 0.00578. The van der Waals surface area contributed by atoms with E-state index in [-0.39, 0.29) is 0 Å². The van der Waals surface area contributed by atoms with Gasteiger partial charge in [-0.05, 0) is 62.5 Å². The molecule has 0 N–H and O–H groups in total. The van der Waals surface area contributed by atoms with Gasteiger partial charge in [-0.3, -0.25) is 0 Å². The van der Waals surface area contributed by atoms with Gasteiger partial charge in [0.25, 0.3) is 0 Å². The molecule has 4 nitrogen and oxygen atoms in total. The third-order valence-electron chi connectivity index (χ3n) is 4.92. The Hall–Kier alpha value is -2.60. The highest BCUT2D eigenvalue weighted by Crippen LogP contribution is 2.37. The second kappa shape index (κ2) is 6.04. The molecule has 2 aromatic carbocycles. The molecule has 1 aliphatic rings. The van der Waals surface area contributed by atoms with E-state index in [1.807, 2.05) is 58.0 Å². The maximum atomic E-state index is 9.40. The average Bonchev–Trinajstić information content (AvgIpc) is 2.82. The van der Waals surface area contributed by atoms with E-state index >= 15 is 0 Å². The number of hydrogen-bond acceptors (Lipinski definition) is 3. The van der Waals surface area contributed by atoms with Gasteiger partial charge in [-0.15, -0.1) is 0 Å². The minimum Gasteiger partial charge on any atom is -0.399 e. The molecule has 1 aliphatic heterocycles. The lowest BCUT2D eigenvalue weighted by atomic mass is 9.77. The van der Waals surface area contributed by atoms with Crippen LogP contribution in [0.15, 0.2) is 42.5 Å². The number of rotatable bonds is 2. The largest absolute Gasteiger partial charge is 0.494 e. The zero-order chi connectivity index (χ0) is 18.2. The first-order valence-corrected chi connectivity index (χ1v) is 8.14. The van der Waals surface area contributed by atoms with Gasteiger partial charge >= 0.3 is 7.12 Å². The fraction of sp³-hybridized carbons (Fsp3) is 0.300. The van der Waals surface area contributed by atoms with Gasteiger partial charge in [0.15, 0.2) is 5.69 Å². The van der Waals surface area contributed by atoms with Crippen LogP contribution in [0, 0.1) is 17.9 Å². The molecule has 2 aromatic rings. The minimum absolute atomic E-state index is 0.440. The number of hydrogen-bond donors (Lipinski definition) is 0. The number of benzene rings is 2. The molecule has 124 valence electrons. The van der Waals surface area contributed by atoms with Gasteiger partial charge in [-0.25, -0.2) is 4.85 Å². The van der Waals surface area contributed by atoms with Crippen LogP contribution in [0.25, 0.3) is 16.0 Å². The highest BCUT2D eigenvalue weighted by atomic mass is 16.7. The van der Waals surface area contributed by atoms with Crippen LogP contribution in [-0.4, -0.2) is 18.3 Å². The highest BCUT2D eigenvalue weighted by molar-refractivity contribution is 6.62. The molecular formula is C20H19BN2O2. The van der Waals surface area contributed by atoms with Crippen molar-refractivity contribution in [3.05, 3.63) is 59.4 Å². The predicted molar refractivity (Wildman–Crippen MR) is 98.6 cm³/mol. The molecule has 1 heterocycles. The monoisotopic (exact) mass is 330 g/mol. The summed E-state index contributed by atoms with van der Waals surface area (Å²) in [7, 11) is -0.527. The fourth-order valence-electron chi connectivity index (χ4n) is 2.75. The Morgan fingerprint density at radius 2 is 1.68 bits per heavy atom. The third-order valence-corrected chi connectivity index (χ3v) is 4.92. The molecule has 0 aliphatic carbocycles. The van der Waals surface area contributed by atoms with Gasteiger partial charge in [-0.1, -0.05) is 24.3 Å². The van der Waals surface area contributed by atoms with Crippen molar-refractivity contribution in [1.29, 1.82) is 5.26 Å². The van der Waals surface area contributed by atoms with E-state index < -0.39 is 18.3 Å². The second-order valence-electron chi connectivity index (χ2n) is 7.21. The van der Waals surface area contributed by atoms with E-state index in [0.717, 1.165) is 16.6 Å². The Morgan fingerprint density at radius 1 is 1.00 bits per heavy atom. The number of nitriles is 1. The van der Waals surface area contributed by atoms with Crippen LogP contribution in [0.3, 0.4) is 0 Å². The Labute approximate surface area is 149 Å². The van der Waals surface area contributed by atoms with Gasteiger partial charge in [0, 0.05) is 0 Å². The van der Waals surface area contributed by atoms with Gasteiger partial charge in [-0.2, -0.15) is 5.26 Å². The molecule has 0 aromatic heterocycles. The van der Waals surface area contributed by atoms with Crippen molar-refractivity contribution in [2.45, 2.75) is 38.9 Å². The van der Waals surface area contributed by atoms with Gasteiger partial charge in [0.05, 0.1) is 29.4 Å². The van der Waals surface area contributed by atoms with Crippen molar-refractivity contribution in [3.8, 4) is 17.2 Å². The molecule has 1 saturated heterocycles. The van der Waals surface area contributed by atoms with Crippen LogP contribution < -0.4 is 5.46 Å². The van der Waals surface area contributed by atoms with Crippen LogP contribution >= 0.6 is 0 Å². The zero-order valence-corrected chi connectivity index (χ0v) is 14.8. The van der Waals surface area contributed by atoms with Crippen molar-refractivity contribution >= 4 is 18.3 Å². The maximum absolute atomic E-state index is 9.40. The molecule has 0 radical (unpaired) electrons. The maximum Gasteiger partial charge on any atom is 0.494 e. The van der Waals surface area contributed by atoms with Crippen molar-refractivity contribution in [3.63, 3.8) is 0 Å². The van der Waals surface area contributed by atoms with E-state index in [1.165, 1.54) is 0 Å². The van der Waals surface area contributed by atoms with Crippen LogP contribution in [0.5, 0.6) is 0 Å². The van der Waals surface area contributed by atoms with Gasteiger partial charge < -0.3 is 9.31 Å². The summed E-state index contributed by atoms with van der Waals surface area (Å²) >= 11 is 0. The topological polar surface area (TPSA) is 46.6 Å². The first-order chi connectivity index (χ1) is 11.8. The van der Waals surface area contributed by atoms with Crippen LogP contribution in [-0.2, 0) is 9.31 Å². The molecule has 0 saturated carbocycles. The van der Waals surface area contributed by atoms with Gasteiger partial charge in [0.2, 0.25) is 0 Å². The lowest BCUT2D eigenvalue weighted by Crippen LogP contribution is -2.41. The Kier molecular flexibility index (Phi) is 4.17. The normalized spacial score (nSPS) is 17.8. The fourth-order valence-corrected chi connectivity index (χ4v) is 2.75. The minimum atomic E-state index is -0.527. The SMILES string of the molecule is [C-]#[N+]c1cccc(-c2cc(C#N)cc(B3OC(C)(C)C(C)(C)O3)c2)c1. The van der Waals surface area contributed by atoms with E-state index in [0.29, 0.717) is 11.3 Å². The van der Waals surface area contributed by atoms with Crippen molar-refractivity contribution in [2.75, 3.05) is 0 Å². The Balaban J connectivity index is 2.05. The standard InChI is InChI=1S/C20H19BN2O2/c1-19(2)20(3,4)25-21(24-19)17-10-14(13-22)9-16(11-17)15-7-6-8-18(12-15)23-5/h6-12H,1-4H3. The molecule has 25 heavy (non-hydrogen) atoms. The predicted octanol–water partition coefficient (Wildman–Crippen LogP) is 4.08. The zero-order valence-electron chi connectivity index (χ0n) is 14.8. The third kappa shape index (κ3) is 3.17. The molecule has 0 unspecified atom stereocenters. The van der Waals surface area contributed by atoms with Crippen LogP contribution in [0.4, 0.5) is 5.69 Å². The molecule has 0 bridgehead atoms. The molecule has 3 rings (SSSR count). The summed E-state index contributed by atoms with van der Waals surface area (Å²) in [5.41, 5.74) is 2.79. The molecule has 0 spiro atoms. The summed E-state index contributed by atoms with van der Waals surface area (Å²) in [6.45, 7) is 15.2. The van der Waals surface area contributed by atoms with E-state index in [9.17, 15) is 5.26 Å². The van der Waals surface area contributed by atoms with Crippen molar-refractivity contribution in [2.24, 2.45) is 0 Å². The Morgan fingerprint density at radius 3 is 2.28 bits per heavy atom. The van der Waals surface area contributed by atoms with E-state index in [1.54, 1.807) is 12.1 Å². The second-order valence-corrected chi connectivity index (χ2v) is 7.21. The summed E-state index contributed by atoms with van der Waals surface area (Å²) in [5, 5.41) is 9.40. The molecule has 0 amide bonds. The van der Waals surface area contributed by atoms with Crippen LogP contribution in [0.2, 0.25) is 0 Å². The average molecular weight is 330 g/mol. The number of nitrogens with zero attached hydrogens (tertiary/aromatic N) is 2. The smallest absolute Gasteiger partial charge is 0.399 e. The van der Waals surface area contributed by atoms with E-state index in [2.05, 4.69) is 10.9 Å². The first kappa shape index (κ1) is 17.2. The molecule has 0 atom stereocenters. The Bertz CT molecular complexity index is 891. The summed E-state index contributed by atoms with van der Waals surface area (Å²) in [4.78, 5) is 3.47. The highest BCUT2D eigenvalue weighted by Gasteiger charge is 2.51. The first-order valence-electron chi connectivity index (χ1n) is 8.14. The molecule has 5 heteroatoms. The molecule has 1 fully saturated rings. The quantitative estimate of drug-likeness (QED) is 0.616. The van der Waals surface area contributed by atoms with Crippen molar-refractivity contribution in [1.82, 2.24) is 0 Å². The summed E-state index contributed by atoms with van der Waals surface area (Å²) in [6.07, 6.45) is 0. The van der Waals surface area contributed by atoms with Gasteiger partial charge in [0.1, 0.15) is 0 Å². The summed E-state index contributed by atoms with van der Waals surface area (Å²) < 4.78 is 12.2. The van der Waals surface area contributed by atoms with E-state index in [4.69, 9.17) is 15.9 Å². The lowest BCUT2D eigenvalue weighted by Gasteiger charge is -2.32. The summed E-state index contributed by atoms with van der Waals surface area (Å²) in [6, 6.07) is 15.1. The van der Waals surface area contributed by atoms with Crippen molar-refractivity contribution < 1.29 is 9.31 Å². The van der Waals surface area contributed by atoms with Crippen LogP contribution in [0.1, 0.15) is 33.3 Å². The summed E-state index contributed by atoms with van der Waals surface area (Å²) in [5.74, 6) is 0.